The Morgan fingerprint density at radius 1 is 1.05 bits per heavy atom. The number of phosphoric ester groups is 2. The highest BCUT2D eigenvalue weighted by Crippen LogP contribution is 2.61. The number of ether oxygens (including phenoxy) is 1. The second kappa shape index (κ2) is 12.4. The van der Waals surface area contributed by atoms with Gasteiger partial charge in [0.2, 0.25) is 0 Å². The molecule has 10 N–H and O–H groups in total. The number of hydrogen-bond donors (Lipinski definition) is 8. The number of aliphatic hydroxyl groups excluding tert-OH is 4. The molecule has 22 heteroatoms. The normalized spacial score (nSPS) is 31.6. The molecule has 1 amide bonds. The summed E-state index contributed by atoms with van der Waals surface area (Å²) < 4.78 is 47.1. The highest BCUT2D eigenvalue weighted by Gasteiger charge is 2.49. The predicted octanol–water partition coefficient (Wildman–Crippen LogP) is -2.35. The molecule has 0 bridgehead atoms. The third-order valence-electron chi connectivity index (χ3n) is 7.32. The number of carbonyl (C=O) groups excluding carboxylic acids is 1. The number of anilines is 1. The third kappa shape index (κ3) is 6.66. The van der Waals surface area contributed by atoms with Crippen LogP contribution in [-0.2, 0) is 27.2 Å². The number of aromatic nitrogens is 5. The first-order chi connectivity index (χ1) is 20.7. The summed E-state index contributed by atoms with van der Waals surface area (Å²) in [5.41, 5.74) is 11.6. The molecule has 10 atom stereocenters. The van der Waals surface area contributed by atoms with Crippen LogP contribution in [0.2, 0.25) is 0 Å². The van der Waals surface area contributed by atoms with Crippen molar-refractivity contribution in [2.75, 3.05) is 18.9 Å². The van der Waals surface area contributed by atoms with E-state index in [0.717, 1.165) is 6.33 Å². The van der Waals surface area contributed by atoms with Crippen molar-refractivity contribution in [2.45, 2.75) is 49.2 Å². The lowest BCUT2D eigenvalue weighted by Crippen LogP contribution is -2.45. The molecule has 3 aromatic rings. The number of nitrogens with zero attached hydrogens (tertiary/aromatic N) is 5. The van der Waals surface area contributed by atoms with Crippen LogP contribution < -0.4 is 16.0 Å². The Bertz CT molecular complexity index is 1630. The van der Waals surface area contributed by atoms with Crippen molar-refractivity contribution in [3.63, 3.8) is 0 Å². The Morgan fingerprint density at radius 3 is 2.45 bits per heavy atom. The summed E-state index contributed by atoms with van der Waals surface area (Å²) in [5, 5.41) is 41.9. The molecular weight excluding hydrogens is 632 g/mol. The van der Waals surface area contributed by atoms with Gasteiger partial charge >= 0.3 is 15.6 Å². The number of fused-ring (bicyclic) bond motifs is 1. The molecular formula is C22H30N7O13P2+. The Labute approximate surface area is 247 Å². The minimum absolute atomic E-state index is 0.0216. The van der Waals surface area contributed by atoms with Gasteiger partial charge in [0.25, 0.3) is 5.91 Å². The predicted molar refractivity (Wildman–Crippen MR) is 143 cm³/mol. The fourth-order valence-electron chi connectivity index (χ4n) is 5.09. The van der Waals surface area contributed by atoms with Gasteiger partial charge in [0.05, 0.1) is 25.6 Å². The molecule has 0 spiro atoms. The second-order valence-electron chi connectivity index (χ2n) is 10.2. The van der Waals surface area contributed by atoms with E-state index in [1.54, 1.807) is 0 Å². The minimum atomic E-state index is -5.33. The summed E-state index contributed by atoms with van der Waals surface area (Å²) in [5.74, 6) is -1.58. The highest BCUT2D eigenvalue weighted by atomic mass is 31.3. The molecule has 1 aliphatic heterocycles. The standard InChI is InChI=1S/C22H29N7O13P2/c23-19-14-21(26-8-25-19)29(9-27-14)22-18(33)17(32)13(41-22)7-40-44(37,38)42-43(35,36)39-6-11-4-12(16(31)15(11)30)28-3-1-2-10(5-28)20(24)34/h1-3,5,8-9,11-13,15-18,22,30-33H,4,6-7H2,(H5-,23,24,25,26,34,35,36,37,38)/p+1/t11-,12+,13+,15-,16-,17+,18-,22-/m1/s1. The van der Waals surface area contributed by atoms with Gasteiger partial charge in [-0.25, -0.2) is 24.1 Å². The topological polar surface area (TPSA) is 309 Å². The van der Waals surface area contributed by atoms with Crippen molar-refractivity contribution in [1.29, 1.82) is 0 Å². The number of primary amides is 1. The summed E-state index contributed by atoms with van der Waals surface area (Å²) in [7, 11) is -10.6. The molecule has 0 aromatic carbocycles. The number of nitrogen functional groups attached to an aromatic ring is 1. The van der Waals surface area contributed by atoms with E-state index in [4.69, 9.17) is 25.3 Å². The molecule has 2 aliphatic rings. The van der Waals surface area contributed by atoms with E-state index in [-0.39, 0.29) is 29.0 Å². The molecule has 44 heavy (non-hydrogen) atoms. The van der Waals surface area contributed by atoms with Crippen molar-refractivity contribution < 1.29 is 66.8 Å². The maximum atomic E-state index is 12.5. The number of phosphoric acid groups is 2. The van der Waals surface area contributed by atoms with Crippen molar-refractivity contribution in [3.8, 4) is 0 Å². The molecule has 2 unspecified atom stereocenters. The summed E-state index contributed by atoms with van der Waals surface area (Å²) in [6, 6.07) is 2.21. The number of rotatable bonds is 11. The lowest BCUT2D eigenvalue weighted by atomic mass is 10.1. The first kappa shape index (κ1) is 32.4. The Balaban J connectivity index is 1.16. The van der Waals surface area contributed by atoms with Gasteiger partial charge in [-0.3, -0.25) is 18.4 Å². The van der Waals surface area contributed by atoms with Crippen molar-refractivity contribution in [3.05, 3.63) is 42.7 Å². The number of hydrogen-bond acceptors (Lipinski definition) is 15. The average Bonchev–Trinajstić information content (AvgIpc) is 3.61. The van der Waals surface area contributed by atoms with E-state index in [9.17, 15) is 44.1 Å². The van der Waals surface area contributed by atoms with E-state index in [1.807, 2.05) is 0 Å². The van der Waals surface area contributed by atoms with Gasteiger partial charge in [-0.1, -0.05) is 0 Å². The molecule has 1 saturated heterocycles. The van der Waals surface area contributed by atoms with Crippen LogP contribution in [0.25, 0.3) is 11.2 Å². The van der Waals surface area contributed by atoms with Crippen molar-refractivity contribution in [1.82, 2.24) is 19.5 Å². The van der Waals surface area contributed by atoms with Gasteiger partial charge in [-0.15, -0.1) is 0 Å². The van der Waals surface area contributed by atoms with Gasteiger partial charge in [0, 0.05) is 18.4 Å². The maximum absolute atomic E-state index is 12.5. The SMILES string of the molecule is NC(=O)c1ccc[n+]([C@H]2C[C@H](COP(=O)(O)OP(=O)(O)OC[C@@H]3O[C@@H](n4cnc5c(N)ncnc54)[C@H](O)[C@H]3O)[C@@H](O)[C@@H]2O)c1. The number of imidazole rings is 1. The van der Waals surface area contributed by atoms with Crippen molar-refractivity contribution in [2.24, 2.45) is 11.7 Å². The van der Waals surface area contributed by atoms with Crippen LogP contribution in [0, 0.1) is 5.92 Å². The van der Waals surface area contributed by atoms with Gasteiger partial charge in [0.1, 0.15) is 41.8 Å². The largest absolute Gasteiger partial charge is 0.481 e. The van der Waals surface area contributed by atoms with E-state index >= 15 is 0 Å². The number of amides is 1. The number of pyridine rings is 1. The van der Waals surface area contributed by atoms with E-state index in [1.165, 1.54) is 40.0 Å². The molecule has 240 valence electrons. The Morgan fingerprint density at radius 2 is 1.75 bits per heavy atom. The number of aliphatic hydroxyl groups is 4. The Kier molecular flexibility index (Phi) is 9.16. The quantitative estimate of drug-likeness (QED) is 0.0787. The summed E-state index contributed by atoms with van der Waals surface area (Å²) >= 11 is 0. The average molecular weight is 662 g/mol. The van der Waals surface area contributed by atoms with Gasteiger partial charge < -0.3 is 46.4 Å². The van der Waals surface area contributed by atoms with Crippen LogP contribution in [0.4, 0.5) is 5.82 Å². The zero-order chi connectivity index (χ0) is 32.0. The molecule has 4 heterocycles. The zero-order valence-electron chi connectivity index (χ0n) is 22.5. The first-order valence-corrected chi connectivity index (χ1v) is 15.9. The Hall–Kier alpha value is -2.97. The van der Waals surface area contributed by atoms with Crippen LogP contribution >= 0.6 is 15.6 Å². The van der Waals surface area contributed by atoms with Gasteiger partial charge in [-0.05, 0) is 6.07 Å². The fourth-order valence-corrected chi connectivity index (χ4v) is 7.23. The fraction of sp³-hybridized carbons (Fsp3) is 0.500. The lowest BCUT2D eigenvalue weighted by molar-refractivity contribution is -0.728. The van der Waals surface area contributed by atoms with Gasteiger partial charge in [0.15, 0.2) is 36.1 Å². The van der Waals surface area contributed by atoms with Crippen molar-refractivity contribution >= 4 is 38.5 Å². The molecule has 1 aliphatic carbocycles. The highest BCUT2D eigenvalue weighted by molar-refractivity contribution is 7.61. The number of nitrogens with two attached hydrogens (primary N) is 2. The molecule has 5 rings (SSSR count). The molecule has 20 nitrogen and oxygen atoms in total. The maximum Gasteiger partial charge on any atom is 0.481 e. The first-order valence-electron chi connectivity index (χ1n) is 12.9. The lowest BCUT2D eigenvalue weighted by Gasteiger charge is -2.20. The van der Waals surface area contributed by atoms with Crippen LogP contribution in [-0.4, -0.2) is 99.4 Å². The van der Waals surface area contributed by atoms with E-state index in [2.05, 4.69) is 19.3 Å². The monoisotopic (exact) mass is 662 g/mol. The molecule has 1 saturated carbocycles. The molecule has 2 fully saturated rings. The zero-order valence-corrected chi connectivity index (χ0v) is 24.3. The van der Waals surface area contributed by atoms with Crippen LogP contribution in [0.1, 0.15) is 29.0 Å². The van der Waals surface area contributed by atoms with Crippen LogP contribution in [0.15, 0.2) is 37.2 Å². The van der Waals surface area contributed by atoms with Crippen LogP contribution in [0.5, 0.6) is 0 Å². The second-order valence-corrected chi connectivity index (χ2v) is 13.2. The van der Waals surface area contributed by atoms with Gasteiger partial charge in [-0.2, -0.15) is 8.88 Å². The third-order valence-corrected chi connectivity index (χ3v) is 9.92. The van der Waals surface area contributed by atoms with Crippen LogP contribution in [0.3, 0.4) is 0 Å². The minimum Gasteiger partial charge on any atom is -0.390 e. The molecule has 3 aromatic heterocycles. The summed E-state index contributed by atoms with van der Waals surface area (Å²) in [4.78, 5) is 43.5. The number of carbonyl (C=O) groups is 1. The smallest absolute Gasteiger partial charge is 0.390 e. The summed E-state index contributed by atoms with van der Waals surface area (Å²) in [6.07, 6.45) is -3.36. The molecule has 0 radical (unpaired) electrons. The van der Waals surface area contributed by atoms with E-state index in [0.29, 0.717) is 0 Å². The summed E-state index contributed by atoms with van der Waals surface area (Å²) in [6.45, 7) is -1.55. The van der Waals surface area contributed by atoms with E-state index < -0.39 is 83.5 Å².